The average molecular weight is 305 g/mol. The third kappa shape index (κ3) is 3.18. The Morgan fingerprint density at radius 1 is 1.00 bits per heavy atom. The van der Waals surface area contributed by atoms with Crippen LogP contribution in [-0.2, 0) is 0 Å². The first-order chi connectivity index (χ1) is 8.68. The molecule has 1 aromatic heterocycles. The number of halogens is 1. The van der Waals surface area contributed by atoms with Gasteiger partial charge in [0.25, 0.3) is 0 Å². The Kier molecular flexibility index (Phi) is 4.50. The third-order valence-electron chi connectivity index (χ3n) is 3.00. The van der Waals surface area contributed by atoms with E-state index >= 15 is 0 Å². The lowest BCUT2D eigenvalue weighted by Crippen LogP contribution is -2.23. The van der Waals surface area contributed by atoms with Gasteiger partial charge in [0.05, 0.1) is 5.69 Å². The highest BCUT2D eigenvalue weighted by molar-refractivity contribution is 9.10. The molecule has 2 aromatic rings. The molecule has 0 saturated carbocycles. The normalized spacial score (nSPS) is 14.2. The number of nitrogens with zero attached hydrogens (tertiary/aromatic N) is 1. The topological polar surface area (TPSA) is 24.9 Å². The van der Waals surface area contributed by atoms with Crippen LogP contribution >= 0.6 is 15.9 Å². The lowest BCUT2D eigenvalue weighted by Gasteiger charge is -2.21. The van der Waals surface area contributed by atoms with E-state index in [1.807, 2.05) is 30.5 Å². The monoisotopic (exact) mass is 304 g/mol. The summed E-state index contributed by atoms with van der Waals surface area (Å²) in [6, 6.07) is 14.8. The molecule has 0 aliphatic rings. The second-order valence-corrected chi connectivity index (χ2v) is 5.24. The van der Waals surface area contributed by atoms with E-state index < -0.39 is 0 Å². The van der Waals surface area contributed by atoms with Crippen LogP contribution in [0.3, 0.4) is 0 Å². The molecule has 1 N–H and O–H groups in total. The van der Waals surface area contributed by atoms with Crippen molar-refractivity contribution >= 4 is 15.9 Å². The van der Waals surface area contributed by atoms with Crippen molar-refractivity contribution in [1.29, 1.82) is 0 Å². The summed E-state index contributed by atoms with van der Waals surface area (Å²) < 4.78 is 1.14. The molecule has 0 saturated heterocycles. The van der Waals surface area contributed by atoms with E-state index in [9.17, 15) is 0 Å². The van der Waals surface area contributed by atoms with Crippen molar-refractivity contribution in [1.82, 2.24) is 10.3 Å². The number of hydrogen-bond donors (Lipinski definition) is 1. The molecular weight excluding hydrogens is 288 g/mol. The van der Waals surface area contributed by atoms with Gasteiger partial charge in [-0.2, -0.15) is 0 Å². The molecule has 0 aliphatic heterocycles. The fourth-order valence-corrected chi connectivity index (χ4v) is 2.64. The Bertz CT molecular complexity index is 499. The second-order valence-electron chi connectivity index (χ2n) is 4.39. The molecule has 0 radical (unpaired) electrons. The SMILES string of the molecule is CC(N[C@H](C)c1ccccn1)c1ccccc1Br. The van der Waals surface area contributed by atoms with Gasteiger partial charge in [-0.05, 0) is 37.6 Å². The summed E-state index contributed by atoms with van der Waals surface area (Å²) in [5.74, 6) is 0. The Morgan fingerprint density at radius 3 is 2.39 bits per heavy atom. The van der Waals surface area contributed by atoms with Crippen LogP contribution in [0, 0.1) is 0 Å². The molecule has 2 nitrogen and oxygen atoms in total. The minimum Gasteiger partial charge on any atom is -0.302 e. The molecule has 18 heavy (non-hydrogen) atoms. The van der Waals surface area contributed by atoms with Crippen LogP contribution < -0.4 is 5.32 Å². The highest BCUT2D eigenvalue weighted by Crippen LogP contribution is 2.24. The van der Waals surface area contributed by atoms with Crippen LogP contribution in [0.1, 0.15) is 37.2 Å². The number of pyridine rings is 1. The van der Waals surface area contributed by atoms with E-state index in [4.69, 9.17) is 0 Å². The number of benzene rings is 1. The first-order valence-corrected chi connectivity index (χ1v) is 6.89. The molecule has 2 rings (SSSR count). The van der Waals surface area contributed by atoms with Gasteiger partial charge < -0.3 is 5.32 Å². The standard InChI is InChI=1S/C15H17BrN2/c1-11(13-7-3-4-8-14(13)16)18-12(2)15-9-5-6-10-17-15/h3-12,18H,1-2H3/t11?,12-/m1/s1. The maximum absolute atomic E-state index is 4.37. The summed E-state index contributed by atoms with van der Waals surface area (Å²) in [4.78, 5) is 4.37. The van der Waals surface area contributed by atoms with Gasteiger partial charge in [0.1, 0.15) is 0 Å². The molecule has 0 fully saturated rings. The number of hydrogen-bond acceptors (Lipinski definition) is 2. The Morgan fingerprint density at radius 2 is 1.72 bits per heavy atom. The van der Waals surface area contributed by atoms with Crippen molar-refractivity contribution in [2.75, 3.05) is 0 Å². The Hall–Kier alpha value is -1.19. The lowest BCUT2D eigenvalue weighted by molar-refractivity contribution is 0.485. The van der Waals surface area contributed by atoms with Crippen LogP contribution in [-0.4, -0.2) is 4.98 Å². The molecule has 1 aromatic carbocycles. The first-order valence-electron chi connectivity index (χ1n) is 6.10. The van der Waals surface area contributed by atoms with Crippen molar-refractivity contribution < 1.29 is 0 Å². The summed E-state index contributed by atoms with van der Waals surface area (Å²) >= 11 is 3.59. The van der Waals surface area contributed by atoms with Crippen LogP contribution in [0.25, 0.3) is 0 Å². The van der Waals surface area contributed by atoms with Crippen molar-refractivity contribution in [3.05, 3.63) is 64.4 Å². The highest BCUT2D eigenvalue weighted by atomic mass is 79.9. The van der Waals surface area contributed by atoms with Crippen molar-refractivity contribution in [3.63, 3.8) is 0 Å². The highest BCUT2D eigenvalue weighted by Gasteiger charge is 2.13. The predicted molar refractivity (Wildman–Crippen MR) is 78.3 cm³/mol. The molecular formula is C15H17BrN2. The molecule has 0 aliphatic carbocycles. The molecule has 0 spiro atoms. The summed E-state index contributed by atoms with van der Waals surface area (Å²) in [5, 5.41) is 3.56. The predicted octanol–water partition coefficient (Wildman–Crippen LogP) is 4.26. The van der Waals surface area contributed by atoms with Crippen LogP contribution in [0.15, 0.2) is 53.1 Å². The molecule has 1 unspecified atom stereocenters. The number of rotatable bonds is 4. The van der Waals surface area contributed by atoms with E-state index in [1.54, 1.807) is 0 Å². The van der Waals surface area contributed by atoms with Crippen LogP contribution in [0.5, 0.6) is 0 Å². The zero-order chi connectivity index (χ0) is 13.0. The molecule has 94 valence electrons. The fourth-order valence-electron chi connectivity index (χ4n) is 2.01. The van der Waals surface area contributed by atoms with Gasteiger partial charge >= 0.3 is 0 Å². The van der Waals surface area contributed by atoms with Gasteiger partial charge in [0.2, 0.25) is 0 Å². The zero-order valence-corrected chi connectivity index (χ0v) is 12.2. The summed E-state index contributed by atoms with van der Waals surface area (Å²) in [5.41, 5.74) is 2.33. The van der Waals surface area contributed by atoms with E-state index in [2.05, 4.69) is 58.3 Å². The minimum atomic E-state index is 0.230. The van der Waals surface area contributed by atoms with E-state index in [0.29, 0.717) is 0 Å². The van der Waals surface area contributed by atoms with Crippen LogP contribution in [0.2, 0.25) is 0 Å². The van der Waals surface area contributed by atoms with Crippen molar-refractivity contribution in [3.8, 4) is 0 Å². The second kappa shape index (κ2) is 6.12. The number of nitrogens with one attached hydrogen (secondary N) is 1. The van der Waals surface area contributed by atoms with Gasteiger partial charge in [0.15, 0.2) is 0 Å². The summed E-state index contributed by atoms with van der Waals surface area (Å²) in [6.45, 7) is 4.30. The molecule has 2 atom stereocenters. The Balaban J connectivity index is 2.08. The third-order valence-corrected chi connectivity index (χ3v) is 3.73. The van der Waals surface area contributed by atoms with Crippen molar-refractivity contribution in [2.24, 2.45) is 0 Å². The van der Waals surface area contributed by atoms with Gasteiger partial charge in [-0.1, -0.05) is 40.2 Å². The summed E-state index contributed by atoms with van der Waals surface area (Å²) in [7, 11) is 0. The van der Waals surface area contributed by atoms with E-state index in [0.717, 1.165) is 10.2 Å². The maximum Gasteiger partial charge on any atom is 0.0570 e. The van der Waals surface area contributed by atoms with Gasteiger partial charge in [-0.15, -0.1) is 0 Å². The maximum atomic E-state index is 4.37. The molecule has 1 heterocycles. The quantitative estimate of drug-likeness (QED) is 0.913. The summed E-state index contributed by atoms with van der Waals surface area (Å²) in [6.07, 6.45) is 1.83. The first kappa shape index (κ1) is 13.2. The number of aromatic nitrogens is 1. The minimum absolute atomic E-state index is 0.230. The average Bonchev–Trinajstić information content (AvgIpc) is 2.40. The van der Waals surface area contributed by atoms with Crippen molar-refractivity contribution in [2.45, 2.75) is 25.9 Å². The Labute approximate surface area is 117 Å². The van der Waals surface area contributed by atoms with Gasteiger partial charge in [0, 0.05) is 22.8 Å². The smallest absolute Gasteiger partial charge is 0.0570 e. The fraction of sp³-hybridized carbons (Fsp3) is 0.267. The van der Waals surface area contributed by atoms with Gasteiger partial charge in [-0.25, -0.2) is 0 Å². The van der Waals surface area contributed by atoms with E-state index in [-0.39, 0.29) is 12.1 Å². The van der Waals surface area contributed by atoms with E-state index in [1.165, 1.54) is 5.56 Å². The lowest BCUT2D eigenvalue weighted by atomic mass is 10.1. The molecule has 0 bridgehead atoms. The molecule has 0 amide bonds. The largest absolute Gasteiger partial charge is 0.302 e. The van der Waals surface area contributed by atoms with Crippen LogP contribution in [0.4, 0.5) is 0 Å². The zero-order valence-electron chi connectivity index (χ0n) is 10.6. The molecule has 3 heteroatoms. The van der Waals surface area contributed by atoms with Gasteiger partial charge in [-0.3, -0.25) is 4.98 Å².